The summed E-state index contributed by atoms with van der Waals surface area (Å²) in [5.74, 6) is -0.378. The van der Waals surface area contributed by atoms with Crippen LogP contribution in [0.1, 0.15) is 44.0 Å². The highest BCUT2D eigenvalue weighted by Gasteiger charge is 2.24. The number of carbonyl (C=O) groups excluding carboxylic acids is 1. The molecule has 0 radical (unpaired) electrons. The van der Waals surface area contributed by atoms with E-state index in [2.05, 4.69) is 31.3 Å². The standard InChI is InChI=1S/C16H19N3O3/c1-11-8-13(10-16(2,3)9-11)17-18-15(20)12-4-6-14(7-5-12)19(21)22/h4-8H,9-10H2,1-3H3,(H,18,20). The fraction of sp³-hybridized carbons (Fsp3) is 0.375. The van der Waals surface area contributed by atoms with Gasteiger partial charge in [0.15, 0.2) is 0 Å². The van der Waals surface area contributed by atoms with Gasteiger partial charge in [-0.2, -0.15) is 5.10 Å². The number of hydrazone groups is 1. The van der Waals surface area contributed by atoms with E-state index in [1.54, 1.807) is 0 Å². The first-order valence-corrected chi connectivity index (χ1v) is 7.05. The molecule has 1 N–H and O–H groups in total. The number of rotatable bonds is 3. The van der Waals surface area contributed by atoms with Crippen molar-refractivity contribution >= 4 is 17.3 Å². The van der Waals surface area contributed by atoms with Gasteiger partial charge >= 0.3 is 0 Å². The van der Waals surface area contributed by atoms with Crippen LogP contribution in [0.2, 0.25) is 0 Å². The Hall–Kier alpha value is -2.50. The normalized spacial score (nSPS) is 18.7. The predicted octanol–water partition coefficient (Wildman–Crippen LogP) is 3.45. The molecule has 0 bridgehead atoms. The van der Waals surface area contributed by atoms with Crippen LogP contribution in [0, 0.1) is 15.5 Å². The number of hydrogen-bond acceptors (Lipinski definition) is 4. The molecule has 0 atom stereocenters. The fourth-order valence-corrected chi connectivity index (χ4v) is 2.69. The van der Waals surface area contributed by atoms with Crippen molar-refractivity contribution in [2.24, 2.45) is 10.5 Å². The SMILES string of the molecule is CC1=CC(=NNC(=O)c2ccc([N+](=O)[O-])cc2)CC(C)(C)C1. The van der Waals surface area contributed by atoms with Crippen LogP contribution in [0.4, 0.5) is 5.69 Å². The third-order valence-electron chi connectivity index (χ3n) is 3.47. The van der Waals surface area contributed by atoms with Crippen LogP contribution in [-0.2, 0) is 0 Å². The molecule has 116 valence electrons. The van der Waals surface area contributed by atoms with Gasteiger partial charge in [0, 0.05) is 17.7 Å². The lowest BCUT2D eigenvalue weighted by molar-refractivity contribution is -0.384. The van der Waals surface area contributed by atoms with Gasteiger partial charge in [-0.25, -0.2) is 5.43 Å². The molecule has 2 rings (SSSR count). The average Bonchev–Trinajstić information content (AvgIpc) is 2.42. The van der Waals surface area contributed by atoms with Gasteiger partial charge < -0.3 is 0 Å². The Morgan fingerprint density at radius 2 is 1.91 bits per heavy atom. The predicted molar refractivity (Wildman–Crippen MR) is 84.8 cm³/mol. The smallest absolute Gasteiger partial charge is 0.267 e. The number of allylic oxidation sites excluding steroid dienone is 2. The molecule has 1 aliphatic rings. The highest BCUT2D eigenvalue weighted by molar-refractivity contribution is 5.99. The van der Waals surface area contributed by atoms with Crippen molar-refractivity contribution in [3.63, 3.8) is 0 Å². The summed E-state index contributed by atoms with van der Waals surface area (Å²) in [6, 6.07) is 5.44. The maximum Gasteiger partial charge on any atom is 0.271 e. The Labute approximate surface area is 129 Å². The van der Waals surface area contributed by atoms with Gasteiger partial charge in [0.25, 0.3) is 11.6 Å². The molecular formula is C16H19N3O3. The quantitative estimate of drug-likeness (QED) is 0.685. The zero-order valence-electron chi connectivity index (χ0n) is 12.9. The van der Waals surface area contributed by atoms with Crippen molar-refractivity contribution in [1.29, 1.82) is 0 Å². The highest BCUT2D eigenvalue weighted by atomic mass is 16.6. The molecular weight excluding hydrogens is 282 g/mol. The molecule has 1 amide bonds. The molecule has 0 saturated heterocycles. The zero-order valence-corrected chi connectivity index (χ0v) is 12.9. The summed E-state index contributed by atoms with van der Waals surface area (Å²) in [6.07, 6.45) is 3.80. The number of nitro benzene ring substituents is 1. The minimum atomic E-state index is -0.500. The van der Waals surface area contributed by atoms with Gasteiger partial charge in [0.1, 0.15) is 0 Å². The minimum Gasteiger partial charge on any atom is -0.267 e. The van der Waals surface area contributed by atoms with Crippen molar-refractivity contribution < 1.29 is 9.72 Å². The maximum absolute atomic E-state index is 12.0. The zero-order chi connectivity index (χ0) is 16.3. The second kappa shape index (κ2) is 6.09. The van der Waals surface area contributed by atoms with E-state index in [1.807, 2.05) is 6.08 Å². The van der Waals surface area contributed by atoms with Crippen LogP contribution in [-0.4, -0.2) is 16.5 Å². The van der Waals surface area contributed by atoms with Crippen LogP contribution < -0.4 is 5.43 Å². The van der Waals surface area contributed by atoms with Gasteiger partial charge in [-0.3, -0.25) is 14.9 Å². The van der Waals surface area contributed by atoms with Crippen LogP contribution in [0.15, 0.2) is 41.0 Å². The van der Waals surface area contributed by atoms with E-state index < -0.39 is 4.92 Å². The summed E-state index contributed by atoms with van der Waals surface area (Å²) in [5.41, 5.74) is 5.01. The van der Waals surface area contributed by atoms with Gasteiger partial charge in [0.05, 0.1) is 10.6 Å². The second-order valence-corrected chi connectivity index (χ2v) is 6.36. The van der Waals surface area contributed by atoms with E-state index >= 15 is 0 Å². The first-order valence-electron chi connectivity index (χ1n) is 7.05. The summed E-state index contributed by atoms with van der Waals surface area (Å²) >= 11 is 0. The van der Waals surface area contributed by atoms with Crippen molar-refractivity contribution in [3.8, 4) is 0 Å². The molecule has 0 aromatic heterocycles. The van der Waals surface area contributed by atoms with Gasteiger partial charge in [-0.1, -0.05) is 19.4 Å². The number of nitro groups is 1. The van der Waals surface area contributed by atoms with E-state index in [9.17, 15) is 14.9 Å². The molecule has 0 aliphatic heterocycles. The van der Waals surface area contributed by atoms with Crippen LogP contribution in [0.5, 0.6) is 0 Å². The molecule has 1 aromatic carbocycles. The number of carbonyl (C=O) groups is 1. The van der Waals surface area contributed by atoms with Crippen LogP contribution in [0.3, 0.4) is 0 Å². The second-order valence-electron chi connectivity index (χ2n) is 6.36. The van der Waals surface area contributed by atoms with Crippen molar-refractivity contribution in [2.45, 2.75) is 33.6 Å². The maximum atomic E-state index is 12.0. The molecule has 0 saturated carbocycles. The summed E-state index contributed by atoms with van der Waals surface area (Å²) < 4.78 is 0. The Bertz CT molecular complexity index is 658. The van der Waals surface area contributed by atoms with E-state index in [-0.39, 0.29) is 17.0 Å². The van der Waals surface area contributed by atoms with Gasteiger partial charge in [0.2, 0.25) is 0 Å². The lowest BCUT2D eigenvalue weighted by Gasteiger charge is -2.29. The molecule has 0 unspecified atom stereocenters. The molecule has 0 spiro atoms. The summed E-state index contributed by atoms with van der Waals surface area (Å²) in [4.78, 5) is 22.1. The van der Waals surface area contributed by atoms with Crippen molar-refractivity contribution in [3.05, 3.63) is 51.6 Å². The molecule has 1 aliphatic carbocycles. The van der Waals surface area contributed by atoms with Crippen molar-refractivity contribution in [1.82, 2.24) is 5.43 Å². The Balaban J connectivity index is 2.07. The third-order valence-corrected chi connectivity index (χ3v) is 3.47. The molecule has 0 fully saturated rings. The Morgan fingerprint density at radius 3 is 2.45 bits per heavy atom. The van der Waals surface area contributed by atoms with E-state index in [4.69, 9.17) is 0 Å². The Morgan fingerprint density at radius 1 is 1.27 bits per heavy atom. The van der Waals surface area contributed by atoms with Crippen LogP contribution in [0.25, 0.3) is 0 Å². The molecule has 6 nitrogen and oxygen atoms in total. The largest absolute Gasteiger partial charge is 0.271 e. The summed E-state index contributed by atoms with van der Waals surface area (Å²) in [5, 5.41) is 14.8. The first-order chi connectivity index (χ1) is 10.3. The molecule has 6 heteroatoms. The molecule has 1 aromatic rings. The monoisotopic (exact) mass is 301 g/mol. The highest BCUT2D eigenvalue weighted by Crippen LogP contribution is 2.33. The minimum absolute atomic E-state index is 0.0459. The first kappa shape index (κ1) is 15.9. The average molecular weight is 301 g/mol. The lowest BCUT2D eigenvalue weighted by atomic mass is 9.77. The lowest BCUT2D eigenvalue weighted by Crippen LogP contribution is -2.25. The summed E-state index contributed by atoms with van der Waals surface area (Å²) in [7, 11) is 0. The summed E-state index contributed by atoms with van der Waals surface area (Å²) in [6.45, 7) is 6.38. The molecule has 0 heterocycles. The number of non-ortho nitro benzene ring substituents is 1. The fourth-order valence-electron chi connectivity index (χ4n) is 2.69. The number of benzene rings is 1. The molecule has 22 heavy (non-hydrogen) atoms. The van der Waals surface area contributed by atoms with Crippen LogP contribution >= 0.6 is 0 Å². The number of nitrogens with zero attached hydrogens (tertiary/aromatic N) is 2. The van der Waals surface area contributed by atoms with Gasteiger partial charge in [-0.15, -0.1) is 0 Å². The van der Waals surface area contributed by atoms with E-state index in [0.717, 1.165) is 18.6 Å². The van der Waals surface area contributed by atoms with E-state index in [0.29, 0.717) is 5.56 Å². The topological polar surface area (TPSA) is 84.6 Å². The van der Waals surface area contributed by atoms with Crippen molar-refractivity contribution in [2.75, 3.05) is 0 Å². The number of nitrogens with one attached hydrogen (secondary N) is 1. The number of hydrogen-bond donors (Lipinski definition) is 1. The van der Waals surface area contributed by atoms with Gasteiger partial charge in [-0.05, 0) is 43.4 Å². The third kappa shape index (κ3) is 4.00. The van der Waals surface area contributed by atoms with E-state index in [1.165, 1.54) is 29.8 Å². The Kier molecular flexibility index (Phi) is 4.40. The number of amides is 1.